The van der Waals surface area contributed by atoms with E-state index in [4.69, 9.17) is 16.1 Å². The van der Waals surface area contributed by atoms with Crippen LogP contribution in [0.4, 0.5) is 5.69 Å². The number of carbonyl (C=O) groups excluding carboxylic acids is 1. The summed E-state index contributed by atoms with van der Waals surface area (Å²) in [4.78, 5) is 16.2. The van der Waals surface area contributed by atoms with Crippen LogP contribution >= 0.6 is 11.6 Å². The number of benzene rings is 1. The van der Waals surface area contributed by atoms with E-state index in [-0.39, 0.29) is 5.91 Å². The van der Waals surface area contributed by atoms with Crippen molar-refractivity contribution in [2.45, 2.75) is 6.92 Å². The second-order valence-corrected chi connectivity index (χ2v) is 5.47. The van der Waals surface area contributed by atoms with Gasteiger partial charge in [0.05, 0.1) is 16.4 Å². The van der Waals surface area contributed by atoms with Crippen molar-refractivity contribution in [2.75, 3.05) is 31.1 Å². The van der Waals surface area contributed by atoms with Crippen LogP contribution in [0.2, 0.25) is 5.02 Å². The maximum atomic E-state index is 12.3. The Labute approximate surface area is 128 Å². The van der Waals surface area contributed by atoms with Gasteiger partial charge in [-0.25, -0.2) is 0 Å². The zero-order chi connectivity index (χ0) is 14.8. The van der Waals surface area contributed by atoms with E-state index in [9.17, 15) is 4.79 Å². The summed E-state index contributed by atoms with van der Waals surface area (Å²) in [6, 6.07) is 9.43. The first-order valence-corrected chi connectivity index (χ1v) is 7.25. The van der Waals surface area contributed by atoms with Crippen LogP contribution in [0, 0.1) is 6.92 Å². The summed E-state index contributed by atoms with van der Waals surface area (Å²) in [7, 11) is 0. The fourth-order valence-electron chi connectivity index (χ4n) is 2.48. The molecule has 0 saturated carbocycles. The topological polar surface area (TPSA) is 49.6 Å². The molecule has 1 saturated heterocycles. The highest BCUT2D eigenvalue weighted by molar-refractivity contribution is 6.33. The minimum atomic E-state index is -0.102. The van der Waals surface area contributed by atoms with Gasteiger partial charge in [0.2, 0.25) is 5.76 Å². The van der Waals surface area contributed by atoms with E-state index >= 15 is 0 Å². The number of nitrogens with zero attached hydrogens (tertiary/aromatic N) is 3. The van der Waals surface area contributed by atoms with Gasteiger partial charge < -0.3 is 14.3 Å². The SMILES string of the molecule is Cc1cc(C(=O)N2CCN(c3ccccc3Cl)CC2)on1. The molecule has 110 valence electrons. The van der Waals surface area contributed by atoms with Crippen LogP contribution in [0.15, 0.2) is 34.9 Å². The summed E-state index contributed by atoms with van der Waals surface area (Å²) < 4.78 is 5.03. The van der Waals surface area contributed by atoms with Gasteiger partial charge in [0.15, 0.2) is 0 Å². The number of carbonyl (C=O) groups is 1. The smallest absolute Gasteiger partial charge is 0.292 e. The number of amides is 1. The van der Waals surface area contributed by atoms with Crippen molar-refractivity contribution in [1.29, 1.82) is 0 Å². The molecule has 1 aromatic carbocycles. The van der Waals surface area contributed by atoms with Gasteiger partial charge in [0, 0.05) is 32.2 Å². The molecule has 0 N–H and O–H groups in total. The van der Waals surface area contributed by atoms with Crippen LogP contribution in [-0.4, -0.2) is 42.1 Å². The quantitative estimate of drug-likeness (QED) is 0.856. The van der Waals surface area contributed by atoms with Crippen molar-refractivity contribution in [1.82, 2.24) is 10.1 Å². The molecule has 1 aromatic heterocycles. The summed E-state index contributed by atoms with van der Waals surface area (Å²) in [6.07, 6.45) is 0. The number of halogens is 1. The van der Waals surface area contributed by atoms with Crippen molar-refractivity contribution in [3.63, 3.8) is 0 Å². The van der Waals surface area contributed by atoms with E-state index in [2.05, 4.69) is 10.1 Å². The Balaban J connectivity index is 1.65. The average Bonchev–Trinajstić information content (AvgIpc) is 2.94. The van der Waals surface area contributed by atoms with E-state index < -0.39 is 0 Å². The summed E-state index contributed by atoms with van der Waals surface area (Å²) in [6.45, 7) is 4.59. The third kappa shape index (κ3) is 2.88. The highest BCUT2D eigenvalue weighted by atomic mass is 35.5. The minimum absolute atomic E-state index is 0.102. The molecule has 5 nitrogen and oxygen atoms in total. The van der Waals surface area contributed by atoms with Gasteiger partial charge in [-0.2, -0.15) is 0 Å². The predicted octanol–water partition coefficient (Wildman–Crippen LogP) is 2.60. The van der Waals surface area contributed by atoms with E-state index in [0.29, 0.717) is 24.5 Å². The average molecular weight is 306 g/mol. The molecule has 0 spiro atoms. The maximum Gasteiger partial charge on any atom is 0.292 e. The van der Waals surface area contributed by atoms with Crippen LogP contribution < -0.4 is 4.90 Å². The van der Waals surface area contributed by atoms with Gasteiger partial charge >= 0.3 is 0 Å². The zero-order valence-electron chi connectivity index (χ0n) is 11.8. The molecule has 1 fully saturated rings. The number of aromatic nitrogens is 1. The lowest BCUT2D eigenvalue weighted by atomic mass is 10.2. The molecule has 1 amide bonds. The van der Waals surface area contributed by atoms with Crippen LogP contribution in [0.1, 0.15) is 16.2 Å². The van der Waals surface area contributed by atoms with Gasteiger partial charge in [-0.3, -0.25) is 4.79 Å². The van der Waals surface area contributed by atoms with Crippen LogP contribution in [0.25, 0.3) is 0 Å². The maximum absolute atomic E-state index is 12.3. The Morgan fingerprint density at radius 3 is 2.57 bits per heavy atom. The van der Waals surface area contributed by atoms with Crippen LogP contribution in [0.3, 0.4) is 0 Å². The first kappa shape index (κ1) is 13.9. The lowest BCUT2D eigenvalue weighted by Crippen LogP contribution is -2.48. The molecule has 21 heavy (non-hydrogen) atoms. The Bertz CT molecular complexity index is 648. The number of rotatable bonds is 2. The van der Waals surface area contributed by atoms with Gasteiger partial charge in [-0.15, -0.1) is 0 Å². The largest absolute Gasteiger partial charge is 0.367 e. The van der Waals surface area contributed by atoms with Crippen molar-refractivity contribution in [3.8, 4) is 0 Å². The standard InChI is InChI=1S/C15H16ClN3O2/c1-11-10-14(21-17-11)15(20)19-8-6-18(7-9-19)13-5-3-2-4-12(13)16/h2-5,10H,6-9H2,1H3. The first-order valence-electron chi connectivity index (χ1n) is 6.87. The lowest BCUT2D eigenvalue weighted by Gasteiger charge is -2.36. The summed E-state index contributed by atoms with van der Waals surface area (Å²) >= 11 is 6.21. The molecule has 2 aromatic rings. The molecule has 3 rings (SSSR count). The van der Waals surface area contributed by atoms with E-state index in [1.807, 2.05) is 24.3 Å². The highest BCUT2D eigenvalue weighted by Gasteiger charge is 2.25. The molecule has 0 aliphatic carbocycles. The number of aryl methyl sites for hydroxylation is 1. The van der Waals surface area contributed by atoms with Gasteiger partial charge in [0.25, 0.3) is 5.91 Å². The second kappa shape index (κ2) is 5.77. The van der Waals surface area contributed by atoms with Crippen molar-refractivity contribution >= 4 is 23.2 Å². The molecule has 1 aliphatic heterocycles. The minimum Gasteiger partial charge on any atom is -0.367 e. The summed E-state index contributed by atoms with van der Waals surface area (Å²) in [5.41, 5.74) is 1.73. The fourth-order valence-corrected chi connectivity index (χ4v) is 2.73. The van der Waals surface area contributed by atoms with Crippen LogP contribution in [-0.2, 0) is 0 Å². The number of para-hydroxylation sites is 1. The molecular formula is C15H16ClN3O2. The highest BCUT2D eigenvalue weighted by Crippen LogP contribution is 2.26. The molecule has 1 aliphatic rings. The summed E-state index contributed by atoms with van der Waals surface area (Å²) in [5, 5.41) is 4.50. The number of hydrogen-bond acceptors (Lipinski definition) is 4. The van der Waals surface area contributed by atoms with Gasteiger partial charge in [-0.05, 0) is 19.1 Å². The Kier molecular flexibility index (Phi) is 3.84. The van der Waals surface area contributed by atoms with Crippen LogP contribution in [0.5, 0.6) is 0 Å². The number of anilines is 1. The molecule has 0 radical (unpaired) electrons. The van der Waals surface area contributed by atoms with Gasteiger partial charge in [0.1, 0.15) is 0 Å². The summed E-state index contributed by atoms with van der Waals surface area (Å²) in [5.74, 6) is 0.202. The van der Waals surface area contributed by atoms with Gasteiger partial charge in [-0.1, -0.05) is 28.9 Å². The third-order valence-electron chi connectivity index (χ3n) is 3.60. The number of hydrogen-bond donors (Lipinski definition) is 0. The molecule has 0 bridgehead atoms. The van der Waals surface area contributed by atoms with Crippen molar-refractivity contribution in [3.05, 3.63) is 46.8 Å². The van der Waals surface area contributed by atoms with Crippen molar-refractivity contribution < 1.29 is 9.32 Å². The lowest BCUT2D eigenvalue weighted by molar-refractivity contribution is 0.0705. The Hall–Kier alpha value is -2.01. The number of piperazine rings is 1. The van der Waals surface area contributed by atoms with E-state index in [1.165, 1.54) is 0 Å². The Morgan fingerprint density at radius 1 is 1.24 bits per heavy atom. The monoisotopic (exact) mass is 305 g/mol. The zero-order valence-corrected chi connectivity index (χ0v) is 12.5. The molecule has 0 unspecified atom stereocenters. The predicted molar refractivity (Wildman–Crippen MR) is 80.8 cm³/mol. The van der Waals surface area contributed by atoms with E-state index in [1.54, 1.807) is 17.9 Å². The van der Waals surface area contributed by atoms with Crippen molar-refractivity contribution in [2.24, 2.45) is 0 Å². The second-order valence-electron chi connectivity index (χ2n) is 5.06. The molecule has 0 atom stereocenters. The Morgan fingerprint density at radius 2 is 1.95 bits per heavy atom. The molecule has 2 heterocycles. The first-order chi connectivity index (χ1) is 10.1. The molecular weight excluding hydrogens is 290 g/mol. The third-order valence-corrected chi connectivity index (χ3v) is 3.92. The normalized spacial score (nSPS) is 15.3. The fraction of sp³-hybridized carbons (Fsp3) is 0.333. The molecule has 6 heteroatoms. The van der Waals surface area contributed by atoms with E-state index in [0.717, 1.165) is 23.8 Å².